The summed E-state index contributed by atoms with van der Waals surface area (Å²) in [6, 6.07) is 10.6. The van der Waals surface area contributed by atoms with Gasteiger partial charge in [0.2, 0.25) is 0 Å². The fourth-order valence-corrected chi connectivity index (χ4v) is 3.10. The third-order valence-corrected chi connectivity index (χ3v) is 4.59. The van der Waals surface area contributed by atoms with Crippen LogP contribution in [0.5, 0.6) is 0 Å². The minimum Gasteiger partial charge on any atom is -0.337 e. The zero-order valence-electron chi connectivity index (χ0n) is 14.6. The van der Waals surface area contributed by atoms with Gasteiger partial charge in [0.25, 0.3) is 5.91 Å². The number of benzene rings is 1. The van der Waals surface area contributed by atoms with E-state index in [1.54, 1.807) is 0 Å². The van der Waals surface area contributed by atoms with Gasteiger partial charge in [0.05, 0.1) is 12.2 Å². The van der Waals surface area contributed by atoms with Gasteiger partial charge in [-0.1, -0.05) is 35.5 Å². The summed E-state index contributed by atoms with van der Waals surface area (Å²) in [5.74, 6) is -0.0337. The average Bonchev–Trinajstić information content (AvgIpc) is 3.14. The minimum atomic E-state index is -0.0337. The van der Waals surface area contributed by atoms with Crippen LogP contribution in [0.4, 0.5) is 0 Å². The highest BCUT2D eigenvalue weighted by Gasteiger charge is 2.21. The number of piperidine rings is 1. The molecule has 1 aliphatic rings. The Morgan fingerprint density at radius 3 is 2.68 bits per heavy atom. The number of nitrogens with zero attached hydrogens (tertiary/aromatic N) is 4. The first-order valence-electron chi connectivity index (χ1n) is 8.73. The molecule has 1 aliphatic heterocycles. The van der Waals surface area contributed by atoms with Crippen molar-refractivity contribution in [1.29, 1.82) is 0 Å². The third-order valence-electron chi connectivity index (χ3n) is 4.59. The lowest BCUT2D eigenvalue weighted by Gasteiger charge is -2.22. The van der Waals surface area contributed by atoms with Crippen LogP contribution in [0.3, 0.4) is 0 Å². The van der Waals surface area contributed by atoms with E-state index < -0.39 is 0 Å². The number of likely N-dealkylation sites (N-methyl/N-ethyl adjacent to an activating group) is 1. The molecule has 1 N–H and O–H groups in total. The summed E-state index contributed by atoms with van der Waals surface area (Å²) in [6.45, 7) is 5.35. The Labute approximate surface area is 155 Å². The molecule has 25 heavy (non-hydrogen) atoms. The number of rotatable bonds is 6. The molecule has 1 saturated heterocycles. The molecule has 1 amide bonds. The Morgan fingerprint density at radius 1 is 1.28 bits per heavy atom. The molecule has 1 fully saturated rings. The lowest BCUT2D eigenvalue weighted by Crippen LogP contribution is -2.33. The summed E-state index contributed by atoms with van der Waals surface area (Å²) in [6.07, 6.45) is 4.72. The Hall–Kier alpha value is -1.92. The van der Waals surface area contributed by atoms with E-state index in [9.17, 15) is 4.79 Å². The highest BCUT2D eigenvalue weighted by molar-refractivity contribution is 5.91. The summed E-state index contributed by atoms with van der Waals surface area (Å²) in [4.78, 5) is 14.5. The second-order valence-electron chi connectivity index (χ2n) is 6.19. The first-order valence-corrected chi connectivity index (χ1v) is 8.73. The van der Waals surface area contributed by atoms with Gasteiger partial charge in [0.1, 0.15) is 0 Å². The lowest BCUT2D eigenvalue weighted by molar-refractivity contribution is 0.0760. The van der Waals surface area contributed by atoms with E-state index in [4.69, 9.17) is 0 Å². The van der Waals surface area contributed by atoms with Crippen molar-refractivity contribution in [2.45, 2.75) is 32.2 Å². The largest absolute Gasteiger partial charge is 0.337 e. The molecule has 0 atom stereocenters. The summed E-state index contributed by atoms with van der Waals surface area (Å²) in [5, 5.41) is 11.6. The molecule has 0 aliphatic carbocycles. The molecular formula is C18H26ClN5O. The van der Waals surface area contributed by atoms with Crippen molar-refractivity contribution < 1.29 is 4.79 Å². The number of hydrogen-bond acceptors (Lipinski definition) is 4. The van der Waals surface area contributed by atoms with Gasteiger partial charge in [-0.25, -0.2) is 4.68 Å². The number of carbonyl (C=O) groups is 1. The van der Waals surface area contributed by atoms with Crippen molar-refractivity contribution in [1.82, 2.24) is 25.2 Å². The van der Waals surface area contributed by atoms with Crippen molar-refractivity contribution in [2.24, 2.45) is 0 Å². The van der Waals surface area contributed by atoms with Gasteiger partial charge in [0, 0.05) is 13.1 Å². The molecule has 0 bridgehead atoms. The van der Waals surface area contributed by atoms with Crippen molar-refractivity contribution >= 4 is 18.3 Å². The minimum absolute atomic E-state index is 0. The number of halogens is 1. The molecule has 0 saturated carbocycles. The molecule has 136 valence electrons. The number of carbonyl (C=O) groups excluding carboxylic acids is 1. The fraction of sp³-hybridized carbons (Fsp3) is 0.500. The zero-order chi connectivity index (χ0) is 16.8. The molecule has 3 rings (SSSR count). The third kappa shape index (κ3) is 5.03. The maximum Gasteiger partial charge on any atom is 0.276 e. The molecule has 0 unspecified atom stereocenters. The number of aromatic nitrogens is 3. The lowest BCUT2D eigenvalue weighted by atomic mass is 10.1. The van der Waals surface area contributed by atoms with Crippen molar-refractivity contribution in [3.8, 4) is 0 Å². The van der Waals surface area contributed by atoms with Gasteiger partial charge in [-0.2, -0.15) is 0 Å². The van der Waals surface area contributed by atoms with Crippen LogP contribution in [0, 0.1) is 0 Å². The van der Waals surface area contributed by atoms with E-state index in [-0.39, 0.29) is 18.3 Å². The Bertz CT molecular complexity index is 654. The van der Waals surface area contributed by atoms with Crippen LogP contribution < -0.4 is 5.32 Å². The molecule has 0 radical (unpaired) electrons. The smallest absolute Gasteiger partial charge is 0.276 e. The maximum atomic E-state index is 12.7. The topological polar surface area (TPSA) is 63.1 Å². The molecule has 2 heterocycles. The zero-order valence-corrected chi connectivity index (χ0v) is 15.4. The van der Waals surface area contributed by atoms with Crippen LogP contribution in [0.25, 0.3) is 0 Å². The monoisotopic (exact) mass is 363 g/mol. The fourth-order valence-electron chi connectivity index (χ4n) is 3.10. The molecule has 1 aromatic carbocycles. The van der Waals surface area contributed by atoms with Gasteiger partial charge in [-0.05, 0) is 44.8 Å². The van der Waals surface area contributed by atoms with Gasteiger partial charge >= 0.3 is 0 Å². The van der Waals surface area contributed by atoms with Gasteiger partial charge in [-0.3, -0.25) is 4.79 Å². The molecule has 7 heteroatoms. The average molecular weight is 364 g/mol. The molecule has 2 aromatic rings. The number of amides is 1. The quantitative estimate of drug-likeness (QED) is 0.855. The highest BCUT2D eigenvalue weighted by atomic mass is 35.5. The maximum absolute atomic E-state index is 12.7. The molecule has 6 nitrogen and oxygen atoms in total. The van der Waals surface area contributed by atoms with Crippen molar-refractivity contribution in [2.75, 3.05) is 26.2 Å². The first kappa shape index (κ1) is 19.4. The van der Waals surface area contributed by atoms with E-state index in [2.05, 4.69) is 27.8 Å². The predicted octanol–water partition coefficient (Wildman–Crippen LogP) is 2.33. The summed E-state index contributed by atoms with van der Waals surface area (Å²) < 4.78 is 1.86. The SMILES string of the molecule is CCN(CCc1ccccc1)C(=O)c1cn(C2CCNCC2)nn1.Cl. The van der Waals surface area contributed by atoms with Crippen molar-refractivity contribution in [3.63, 3.8) is 0 Å². The van der Waals surface area contributed by atoms with Crippen LogP contribution in [-0.2, 0) is 6.42 Å². The van der Waals surface area contributed by atoms with E-state index in [0.717, 1.165) is 32.4 Å². The Balaban J connectivity index is 0.00000225. The second-order valence-corrected chi connectivity index (χ2v) is 6.19. The molecule has 1 aromatic heterocycles. The van der Waals surface area contributed by atoms with Gasteiger partial charge in [-0.15, -0.1) is 17.5 Å². The van der Waals surface area contributed by atoms with Gasteiger partial charge in [0.15, 0.2) is 5.69 Å². The summed E-state index contributed by atoms with van der Waals surface area (Å²) in [5.41, 5.74) is 1.69. The molecular weight excluding hydrogens is 338 g/mol. The van der Waals surface area contributed by atoms with E-state index in [1.807, 2.05) is 40.9 Å². The van der Waals surface area contributed by atoms with Gasteiger partial charge < -0.3 is 10.2 Å². The van der Waals surface area contributed by atoms with Crippen LogP contribution in [0.15, 0.2) is 36.5 Å². The second kappa shape index (κ2) is 9.53. The van der Waals surface area contributed by atoms with E-state index in [1.165, 1.54) is 5.56 Å². The molecule has 0 spiro atoms. The predicted molar refractivity (Wildman–Crippen MR) is 100 cm³/mol. The highest BCUT2D eigenvalue weighted by Crippen LogP contribution is 2.17. The van der Waals surface area contributed by atoms with Crippen molar-refractivity contribution in [3.05, 3.63) is 47.8 Å². The number of nitrogens with one attached hydrogen (secondary N) is 1. The summed E-state index contributed by atoms with van der Waals surface area (Å²) in [7, 11) is 0. The van der Waals surface area contributed by atoms with E-state index >= 15 is 0 Å². The number of hydrogen-bond donors (Lipinski definition) is 1. The first-order chi connectivity index (χ1) is 11.8. The van der Waals surface area contributed by atoms with Crippen LogP contribution in [0.2, 0.25) is 0 Å². The van der Waals surface area contributed by atoms with Crippen LogP contribution in [0.1, 0.15) is 41.9 Å². The van der Waals surface area contributed by atoms with Crippen LogP contribution >= 0.6 is 12.4 Å². The van der Waals surface area contributed by atoms with Crippen LogP contribution in [-0.4, -0.2) is 52.0 Å². The standard InChI is InChI=1S/C18H25N5O.ClH/c1-2-22(13-10-15-6-4-3-5-7-15)18(24)17-14-23(21-20-17)16-8-11-19-12-9-16;/h3-7,14,16,19H,2,8-13H2,1H3;1H. The summed E-state index contributed by atoms with van der Waals surface area (Å²) >= 11 is 0. The Kier molecular flexibility index (Phi) is 7.40. The normalized spacial score (nSPS) is 14.8. The van der Waals surface area contributed by atoms with E-state index in [0.29, 0.717) is 24.8 Å². The Morgan fingerprint density at radius 2 is 2.00 bits per heavy atom.